The number of Topliss-reactive ketones (excluding diaryl/α,β-unsaturated/α-hetero) is 1. The van der Waals surface area contributed by atoms with Gasteiger partial charge in [-0.1, -0.05) is 35.1 Å². The van der Waals surface area contributed by atoms with E-state index in [1.54, 1.807) is 24.3 Å². The zero-order valence-corrected chi connectivity index (χ0v) is 22.0. The molecule has 0 bridgehead atoms. The minimum absolute atomic E-state index is 0.000753. The minimum atomic E-state index is -0.862. The van der Waals surface area contributed by atoms with E-state index in [0.717, 1.165) is 10.4 Å². The molecule has 0 saturated carbocycles. The van der Waals surface area contributed by atoms with Crippen LogP contribution in [0.1, 0.15) is 24.1 Å². The highest BCUT2D eigenvalue weighted by Crippen LogP contribution is 2.45. The van der Waals surface area contributed by atoms with Gasteiger partial charge in [-0.15, -0.1) is 0 Å². The molecular formula is C28H24ClN3O4S. The van der Waals surface area contributed by atoms with Crippen LogP contribution in [0.15, 0.2) is 72.3 Å². The second-order valence-electron chi connectivity index (χ2n) is 8.72. The average molecular weight is 534 g/mol. The largest absolute Gasteiger partial charge is 0.507 e. The van der Waals surface area contributed by atoms with Gasteiger partial charge in [0.1, 0.15) is 11.5 Å². The first-order valence-corrected chi connectivity index (χ1v) is 12.9. The SMILES string of the molecule is CCOc1ccc2nc(N3C(=O)C(=O)C(=C(O)c4ccc(Cl)cc4)C3c3ccc(N(C)C)cc3)sc2c1. The number of aliphatic hydroxyl groups excluding tert-OH is 1. The lowest BCUT2D eigenvalue weighted by atomic mass is 9.95. The summed E-state index contributed by atoms with van der Waals surface area (Å²) in [6, 6.07) is 18.7. The molecule has 1 aliphatic heterocycles. The number of carbonyl (C=O) groups is 2. The van der Waals surface area contributed by atoms with Crippen LogP contribution < -0.4 is 14.5 Å². The number of fused-ring (bicyclic) bond motifs is 1. The standard InChI is InChI=1S/C28H24ClN3O4S/c1-4-36-20-13-14-21-22(15-20)37-28(30-21)32-24(16-7-11-19(12-8-16)31(2)3)23(26(34)27(32)35)25(33)17-5-9-18(29)10-6-17/h5-15,24,33H,4H2,1-3H3. The number of ether oxygens (including phenoxy) is 1. The number of benzene rings is 3. The first-order valence-electron chi connectivity index (χ1n) is 11.7. The molecule has 0 spiro atoms. The van der Waals surface area contributed by atoms with E-state index in [1.165, 1.54) is 16.2 Å². The normalized spacial score (nSPS) is 17.0. The number of carbonyl (C=O) groups excluding carboxylic acids is 2. The zero-order valence-electron chi connectivity index (χ0n) is 20.4. The highest BCUT2D eigenvalue weighted by atomic mass is 35.5. The van der Waals surface area contributed by atoms with Crippen LogP contribution in [0.25, 0.3) is 16.0 Å². The Morgan fingerprint density at radius 1 is 1.08 bits per heavy atom. The molecule has 37 heavy (non-hydrogen) atoms. The predicted octanol–water partition coefficient (Wildman–Crippen LogP) is 6.04. The van der Waals surface area contributed by atoms with Gasteiger partial charge >= 0.3 is 5.91 Å². The number of hydrogen-bond acceptors (Lipinski definition) is 7. The Balaban J connectivity index is 1.68. The van der Waals surface area contributed by atoms with E-state index in [1.807, 2.05) is 68.4 Å². The number of thiazole rings is 1. The van der Waals surface area contributed by atoms with Gasteiger partial charge in [-0.05, 0) is 67.1 Å². The number of aromatic nitrogens is 1. The van der Waals surface area contributed by atoms with Crippen LogP contribution >= 0.6 is 22.9 Å². The second-order valence-corrected chi connectivity index (χ2v) is 10.2. The molecule has 1 fully saturated rings. The van der Waals surface area contributed by atoms with Gasteiger partial charge in [0.25, 0.3) is 5.78 Å². The first kappa shape index (κ1) is 24.8. The first-order chi connectivity index (χ1) is 17.8. The second kappa shape index (κ2) is 9.88. The Bertz CT molecular complexity index is 1530. The number of anilines is 2. The fourth-order valence-electron chi connectivity index (χ4n) is 4.32. The molecule has 1 N–H and O–H groups in total. The van der Waals surface area contributed by atoms with Crippen molar-refractivity contribution in [2.24, 2.45) is 0 Å². The third-order valence-electron chi connectivity index (χ3n) is 6.15. The van der Waals surface area contributed by atoms with Gasteiger partial charge in [0.05, 0.1) is 28.4 Å². The van der Waals surface area contributed by atoms with E-state index in [2.05, 4.69) is 4.98 Å². The molecule has 188 valence electrons. The van der Waals surface area contributed by atoms with Crippen molar-refractivity contribution in [3.05, 3.63) is 88.5 Å². The molecule has 1 amide bonds. The van der Waals surface area contributed by atoms with E-state index >= 15 is 0 Å². The van der Waals surface area contributed by atoms with Gasteiger partial charge in [-0.3, -0.25) is 14.5 Å². The van der Waals surface area contributed by atoms with Crippen molar-refractivity contribution in [2.75, 3.05) is 30.5 Å². The monoisotopic (exact) mass is 533 g/mol. The number of nitrogens with zero attached hydrogens (tertiary/aromatic N) is 3. The van der Waals surface area contributed by atoms with Crippen LogP contribution in [0.4, 0.5) is 10.8 Å². The number of ketones is 1. The number of rotatable bonds is 6. The number of aliphatic hydroxyl groups is 1. The topological polar surface area (TPSA) is 83.0 Å². The van der Waals surface area contributed by atoms with E-state index in [4.69, 9.17) is 16.3 Å². The smallest absolute Gasteiger partial charge is 0.301 e. The third-order valence-corrected chi connectivity index (χ3v) is 7.42. The summed E-state index contributed by atoms with van der Waals surface area (Å²) in [7, 11) is 3.86. The Hall–Kier alpha value is -3.88. The van der Waals surface area contributed by atoms with Crippen LogP contribution in [0.2, 0.25) is 5.02 Å². The van der Waals surface area contributed by atoms with Gasteiger partial charge in [-0.2, -0.15) is 0 Å². The molecule has 4 aromatic rings. The quantitative estimate of drug-likeness (QED) is 0.185. The van der Waals surface area contributed by atoms with Crippen LogP contribution in [0, 0.1) is 0 Å². The Kier molecular flexibility index (Phi) is 6.62. The average Bonchev–Trinajstić information content (AvgIpc) is 3.42. The number of hydrogen-bond donors (Lipinski definition) is 1. The molecule has 1 unspecified atom stereocenters. The third kappa shape index (κ3) is 4.54. The lowest BCUT2D eigenvalue weighted by molar-refractivity contribution is -0.132. The maximum atomic E-state index is 13.5. The maximum Gasteiger partial charge on any atom is 0.301 e. The summed E-state index contributed by atoms with van der Waals surface area (Å²) in [4.78, 5) is 34.8. The van der Waals surface area contributed by atoms with Gasteiger partial charge in [0.15, 0.2) is 5.13 Å². The molecule has 7 nitrogen and oxygen atoms in total. The van der Waals surface area contributed by atoms with Crippen molar-refractivity contribution < 1.29 is 19.4 Å². The van der Waals surface area contributed by atoms with E-state index in [-0.39, 0.29) is 11.3 Å². The van der Waals surface area contributed by atoms with Gasteiger partial charge in [0, 0.05) is 30.4 Å². The van der Waals surface area contributed by atoms with Crippen molar-refractivity contribution in [3.8, 4) is 5.75 Å². The summed E-state index contributed by atoms with van der Waals surface area (Å²) in [5.74, 6) is -1.09. The minimum Gasteiger partial charge on any atom is -0.507 e. The van der Waals surface area contributed by atoms with Gasteiger partial charge in [0.2, 0.25) is 0 Å². The summed E-state index contributed by atoms with van der Waals surface area (Å²) in [5, 5.41) is 12.1. The Morgan fingerprint density at radius 3 is 2.43 bits per heavy atom. The summed E-state index contributed by atoms with van der Waals surface area (Å²) in [6.45, 7) is 2.43. The van der Waals surface area contributed by atoms with Crippen molar-refractivity contribution in [3.63, 3.8) is 0 Å². The van der Waals surface area contributed by atoms with Crippen LogP contribution in [0.3, 0.4) is 0 Å². The molecule has 0 aliphatic carbocycles. The van der Waals surface area contributed by atoms with E-state index in [9.17, 15) is 14.7 Å². The van der Waals surface area contributed by atoms with Crippen LogP contribution in [-0.2, 0) is 9.59 Å². The summed E-state index contributed by atoms with van der Waals surface area (Å²) in [5.41, 5.74) is 2.71. The highest BCUT2D eigenvalue weighted by Gasteiger charge is 2.48. The molecule has 0 radical (unpaired) electrons. The highest BCUT2D eigenvalue weighted by molar-refractivity contribution is 7.22. The summed E-state index contributed by atoms with van der Waals surface area (Å²) >= 11 is 7.31. The molecule has 2 heterocycles. The molecule has 1 saturated heterocycles. The molecule has 1 aromatic heterocycles. The van der Waals surface area contributed by atoms with Crippen LogP contribution in [-0.4, -0.2) is 42.5 Å². The van der Waals surface area contributed by atoms with Gasteiger partial charge < -0.3 is 14.7 Å². The van der Waals surface area contributed by atoms with E-state index in [0.29, 0.717) is 39.2 Å². The van der Waals surface area contributed by atoms with Crippen molar-refractivity contribution in [1.82, 2.24) is 4.98 Å². The van der Waals surface area contributed by atoms with Crippen molar-refractivity contribution in [1.29, 1.82) is 0 Å². The Morgan fingerprint density at radius 2 is 1.78 bits per heavy atom. The van der Waals surface area contributed by atoms with Crippen molar-refractivity contribution >= 4 is 61.4 Å². The lowest BCUT2D eigenvalue weighted by Gasteiger charge is -2.23. The zero-order chi connectivity index (χ0) is 26.3. The summed E-state index contributed by atoms with van der Waals surface area (Å²) in [6.07, 6.45) is 0. The molecule has 3 aromatic carbocycles. The molecule has 1 atom stereocenters. The number of amides is 1. The van der Waals surface area contributed by atoms with Gasteiger partial charge in [-0.25, -0.2) is 4.98 Å². The predicted molar refractivity (Wildman–Crippen MR) is 148 cm³/mol. The molecular weight excluding hydrogens is 510 g/mol. The molecule has 9 heteroatoms. The molecule has 5 rings (SSSR count). The Labute approximate surface area is 223 Å². The lowest BCUT2D eigenvalue weighted by Crippen LogP contribution is -2.29. The summed E-state index contributed by atoms with van der Waals surface area (Å²) < 4.78 is 6.43. The molecule has 1 aliphatic rings. The van der Waals surface area contributed by atoms with Crippen LogP contribution in [0.5, 0.6) is 5.75 Å². The van der Waals surface area contributed by atoms with E-state index < -0.39 is 17.7 Å². The number of halogens is 1. The fraction of sp³-hybridized carbons (Fsp3) is 0.179. The maximum absolute atomic E-state index is 13.5. The van der Waals surface area contributed by atoms with Crippen molar-refractivity contribution in [2.45, 2.75) is 13.0 Å². The fourth-order valence-corrected chi connectivity index (χ4v) is 5.46.